The van der Waals surface area contributed by atoms with Gasteiger partial charge in [0.25, 0.3) is 0 Å². The van der Waals surface area contributed by atoms with E-state index < -0.39 is 114 Å². The number of aromatic hydroxyl groups is 4. The van der Waals surface area contributed by atoms with Crippen molar-refractivity contribution in [3.8, 4) is 45.8 Å². The number of aliphatic hydroxyl groups excluding tert-OH is 7. The number of phenolic OH excluding ortho intramolecular Hbond substituents is 4. The molecule has 3 heterocycles. The van der Waals surface area contributed by atoms with Crippen LogP contribution in [0.3, 0.4) is 0 Å². The first-order chi connectivity index (χ1) is 26.2. The van der Waals surface area contributed by atoms with E-state index in [9.17, 15) is 65.8 Å². The third-order valence-corrected chi connectivity index (χ3v) is 8.84. The first-order valence-corrected chi connectivity index (χ1v) is 16.5. The van der Waals surface area contributed by atoms with Crippen molar-refractivity contribution in [2.75, 3.05) is 13.2 Å². The third-order valence-electron chi connectivity index (χ3n) is 8.84. The molecule has 2 aliphatic heterocycles. The van der Waals surface area contributed by atoms with Crippen LogP contribution in [-0.4, -0.2) is 137 Å². The second-order valence-electron chi connectivity index (χ2n) is 12.6. The van der Waals surface area contributed by atoms with E-state index in [0.29, 0.717) is 0 Å². The Balaban J connectivity index is 1.20. The number of fused-ring (bicyclic) bond motifs is 1. The van der Waals surface area contributed by atoms with E-state index in [1.54, 1.807) is 0 Å². The lowest BCUT2D eigenvalue weighted by Gasteiger charge is -2.41. The van der Waals surface area contributed by atoms with Crippen LogP contribution in [-0.2, 0) is 19.0 Å². The molecule has 2 aliphatic rings. The topological polar surface area (TPSA) is 316 Å². The molecule has 0 saturated carbocycles. The summed E-state index contributed by atoms with van der Waals surface area (Å²) in [6.45, 7) is -1.57. The normalized spacial score (nSPS) is 28.3. The number of hydrogen-bond acceptors (Lipinski definition) is 19. The van der Waals surface area contributed by atoms with Gasteiger partial charge in [-0.15, -0.1) is 0 Å². The van der Waals surface area contributed by atoms with Crippen molar-refractivity contribution in [1.29, 1.82) is 0 Å². The molecule has 0 spiro atoms. The maximum Gasteiger partial charge on any atom is 0.331 e. The Kier molecular flexibility index (Phi) is 11.5. The Morgan fingerprint density at radius 3 is 2.02 bits per heavy atom. The quantitative estimate of drug-likeness (QED) is 0.0673. The zero-order chi connectivity index (χ0) is 39.7. The van der Waals surface area contributed by atoms with Crippen molar-refractivity contribution >= 4 is 23.0 Å². The fraction of sp³-hybridized carbons (Fsp3) is 0.333. The van der Waals surface area contributed by atoms with E-state index in [2.05, 4.69) is 0 Å². The van der Waals surface area contributed by atoms with Gasteiger partial charge < -0.3 is 84.3 Å². The summed E-state index contributed by atoms with van der Waals surface area (Å²) in [5, 5.41) is 112. The standard InChI is InChI=1S/C36H36O19/c37-12-22-26(44)29(47)30(48)35(52-22)51-20-7-1-14(9-18(20)41)2-8-24(43)54-33-27(45)23(13-38)53-36(31(33)49)55-34-28(46)25-19(42)10-17(40)11-21(25)50-32(34)15-3-5-16(39)6-4-15/h1-11,22-23,26-27,29-31,33,35-42,44-45,47-49H,12-13H2/t22-,23-,26-,27-,29-,30-,31-,33-,35-,36-/m0/s1. The number of carbonyl (C=O) groups excluding carboxylic acids is 1. The van der Waals surface area contributed by atoms with Gasteiger partial charge in [0.15, 0.2) is 29.5 Å². The van der Waals surface area contributed by atoms with Crippen LogP contribution >= 0.6 is 0 Å². The highest BCUT2D eigenvalue weighted by atomic mass is 16.7. The van der Waals surface area contributed by atoms with Gasteiger partial charge in [0.1, 0.15) is 64.8 Å². The molecule has 0 unspecified atom stereocenters. The van der Waals surface area contributed by atoms with Gasteiger partial charge in [-0.3, -0.25) is 4.79 Å². The molecule has 1 aromatic heterocycles. The van der Waals surface area contributed by atoms with Crippen LogP contribution in [0.5, 0.6) is 34.5 Å². The summed E-state index contributed by atoms with van der Waals surface area (Å²) in [6.07, 6.45) is -15.0. The van der Waals surface area contributed by atoms with Gasteiger partial charge in [0.05, 0.1) is 13.2 Å². The summed E-state index contributed by atoms with van der Waals surface area (Å²) in [4.78, 5) is 26.7. The molecule has 4 aromatic rings. The molecule has 6 rings (SSSR count). The average molecular weight is 773 g/mol. The van der Waals surface area contributed by atoms with Crippen LogP contribution in [0.4, 0.5) is 0 Å². The maximum absolute atomic E-state index is 13.7. The van der Waals surface area contributed by atoms with Crippen LogP contribution < -0.4 is 14.9 Å². The van der Waals surface area contributed by atoms with Crippen LogP contribution in [0.1, 0.15) is 5.56 Å². The number of aliphatic hydroxyl groups is 7. The zero-order valence-corrected chi connectivity index (χ0v) is 28.2. The van der Waals surface area contributed by atoms with Gasteiger partial charge in [-0.05, 0) is 48.0 Å². The maximum atomic E-state index is 13.7. The number of esters is 1. The lowest BCUT2D eigenvalue weighted by Crippen LogP contribution is -2.61. The molecule has 55 heavy (non-hydrogen) atoms. The molecular formula is C36H36O19. The Bertz CT molecular complexity index is 2100. The summed E-state index contributed by atoms with van der Waals surface area (Å²) in [5.74, 6) is -4.07. The molecule has 0 bridgehead atoms. The van der Waals surface area contributed by atoms with Gasteiger partial charge in [0.2, 0.25) is 23.8 Å². The fourth-order valence-corrected chi connectivity index (χ4v) is 5.95. The SMILES string of the molecule is O=C(C=Cc1ccc(O[C@H]2O[C@@H](CO)[C@H](O)[C@H](O)[C@@H]2O)c(O)c1)O[C@@H]1[C@H](O)[C@H](Oc2c(-c3ccc(O)cc3)oc3cc(O)cc(O)c3c2=O)O[C@@H](CO)[C@@H]1O. The van der Waals surface area contributed by atoms with Gasteiger partial charge >= 0.3 is 5.97 Å². The first-order valence-electron chi connectivity index (χ1n) is 16.5. The van der Waals surface area contributed by atoms with Crippen LogP contribution in [0.2, 0.25) is 0 Å². The van der Waals surface area contributed by atoms with Crippen molar-refractivity contribution in [2.24, 2.45) is 0 Å². The smallest absolute Gasteiger partial charge is 0.331 e. The predicted molar refractivity (Wildman–Crippen MR) is 183 cm³/mol. The van der Waals surface area contributed by atoms with Crippen LogP contribution in [0.15, 0.2) is 69.9 Å². The highest BCUT2D eigenvalue weighted by Crippen LogP contribution is 2.38. The molecule has 3 aromatic carbocycles. The van der Waals surface area contributed by atoms with Crippen molar-refractivity contribution in [3.63, 3.8) is 0 Å². The monoisotopic (exact) mass is 772 g/mol. The van der Waals surface area contributed by atoms with Crippen LogP contribution in [0, 0.1) is 0 Å². The van der Waals surface area contributed by atoms with Gasteiger partial charge in [-0.1, -0.05) is 6.07 Å². The number of rotatable bonds is 10. The summed E-state index contributed by atoms with van der Waals surface area (Å²) >= 11 is 0. The Morgan fingerprint density at radius 1 is 0.709 bits per heavy atom. The Labute approximate surface area is 308 Å². The number of phenols is 4. The highest BCUT2D eigenvalue weighted by Gasteiger charge is 2.48. The van der Waals surface area contributed by atoms with Crippen molar-refractivity contribution in [1.82, 2.24) is 0 Å². The number of benzene rings is 3. The number of carbonyl (C=O) groups is 1. The van der Waals surface area contributed by atoms with E-state index >= 15 is 0 Å². The molecule has 19 nitrogen and oxygen atoms in total. The van der Waals surface area contributed by atoms with Gasteiger partial charge in [0, 0.05) is 23.8 Å². The van der Waals surface area contributed by atoms with E-state index in [0.717, 1.165) is 24.3 Å². The van der Waals surface area contributed by atoms with Crippen molar-refractivity contribution < 1.29 is 89.1 Å². The van der Waals surface area contributed by atoms with Gasteiger partial charge in [-0.2, -0.15) is 0 Å². The zero-order valence-electron chi connectivity index (χ0n) is 28.2. The van der Waals surface area contributed by atoms with Crippen LogP contribution in [0.25, 0.3) is 28.4 Å². The Morgan fingerprint density at radius 2 is 1.36 bits per heavy atom. The number of ether oxygens (including phenoxy) is 5. The minimum atomic E-state index is -2.02. The largest absolute Gasteiger partial charge is 0.508 e. The molecule has 0 aliphatic carbocycles. The van der Waals surface area contributed by atoms with E-state index in [1.165, 1.54) is 42.5 Å². The van der Waals surface area contributed by atoms with E-state index in [1.807, 2.05) is 0 Å². The molecular weight excluding hydrogens is 736 g/mol. The number of hydrogen-bond donors (Lipinski definition) is 11. The molecule has 2 fully saturated rings. The average Bonchev–Trinajstić information content (AvgIpc) is 3.15. The second kappa shape index (κ2) is 16.1. The highest BCUT2D eigenvalue weighted by molar-refractivity contribution is 5.88. The van der Waals surface area contributed by atoms with E-state index in [4.69, 9.17) is 28.1 Å². The third kappa shape index (κ3) is 8.01. The molecule has 19 heteroatoms. The summed E-state index contributed by atoms with van der Waals surface area (Å²) in [6, 6.07) is 10.9. The van der Waals surface area contributed by atoms with E-state index in [-0.39, 0.29) is 34.0 Å². The first kappa shape index (κ1) is 39.2. The van der Waals surface area contributed by atoms with Crippen molar-refractivity contribution in [3.05, 3.63) is 76.5 Å². The molecule has 294 valence electrons. The molecule has 10 atom stereocenters. The minimum Gasteiger partial charge on any atom is -0.508 e. The molecule has 11 N–H and O–H groups in total. The fourth-order valence-electron chi connectivity index (χ4n) is 5.95. The summed E-state index contributed by atoms with van der Waals surface area (Å²) in [7, 11) is 0. The molecule has 2 saturated heterocycles. The molecule has 0 radical (unpaired) electrons. The second-order valence-corrected chi connectivity index (χ2v) is 12.6. The summed E-state index contributed by atoms with van der Waals surface area (Å²) < 4.78 is 33.2. The van der Waals surface area contributed by atoms with Gasteiger partial charge in [-0.25, -0.2) is 4.79 Å². The molecule has 0 amide bonds. The Hall–Kier alpha value is -5.48. The predicted octanol–water partition coefficient (Wildman–Crippen LogP) is -1.10. The summed E-state index contributed by atoms with van der Waals surface area (Å²) in [5.41, 5.74) is -0.894. The lowest BCUT2D eigenvalue weighted by atomic mass is 9.99. The lowest BCUT2D eigenvalue weighted by molar-refractivity contribution is -0.280. The minimum absolute atomic E-state index is 0.135. The van der Waals surface area contributed by atoms with Crippen molar-refractivity contribution in [2.45, 2.75) is 61.4 Å².